The molecule has 0 saturated heterocycles. The summed E-state index contributed by atoms with van der Waals surface area (Å²) in [5.41, 5.74) is 0.333. The zero-order valence-corrected chi connectivity index (χ0v) is 8.63. The first-order chi connectivity index (χ1) is 8.18. The fraction of sp³-hybridized carbons (Fsp3) is 0.333. The lowest BCUT2D eigenvalue weighted by Gasteiger charge is -2.15. The van der Waals surface area contributed by atoms with Crippen LogP contribution in [-0.4, -0.2) is 16.1 Å². The van der Waals surface area contributed by atoms with Crippen LogP contribution >= 0.6 is 0 Å². The molecule has 3 N–H and O–H groups in total. The van der Waals surface area contributed by atoms with Gasteiger partial charge in [-0.25, -0.2) is 18.6 Å². The molecular formula is C9H7F5N2O2. The fourth-order valence-corrected chi connectivity index (χ4v) is 1.34. The number of hydrogen-bond acceptors (Lipinski definition) is 3. The molecule has 0 unspecified atom stereocenters. The van der Waals surface area contributed by atoms with Crippen molar-refractivity contribution in [3.8, 4) is 0 Å². The zero-order chi connectivity index (χ0) is 14.1. The quantitative estimate of drug-likeness (QED) is 0.825. The summed E-state index contributed by atoms with van der Waals surface area (Å²) in [4.78, 5) is 13.7. The molecule has 18 heavy (non-hydrogen) atoms. The first-order valence-corrected chi connectivity index (χ1v) is 4.51. The van der Waals surface area contributed by atoms with Crippen molar-refractivity contribution in [1.29, 1.82) is 0 Å². The number of hydrogen-bond donors (Lipinski definition) is 2. The maximum absolute atomic E-state index is 12.6. The number of pyridine rings is 1. The molecule has 0 radical (unpaired) electrons. The van der Waals surface area contributed by atoms with Gasteiger partial charge in [-0.15, -0.1) is 0 Å². The smallest absolute Gasteiger partial charge is 0.416 e. The van der Waals surface area contributed by atoms with Gasteiger partial charge in [0.05, 0.1) is 5.56 Å². The van der Waals surface area contributed by atoms with Crippen LogP contribution in [0.15, 0.2) is 6.07 Å². The molecule has 0 bridgehead atoms. The van der Waals surface area contributed by atoms with E-state index in [9.17, 15) is 26.7 Å². The first kappa shape index (κ1) is 14.3. The average Bonchev–Trinajstić information content (AvgIpc) is 2.25. The highest BCUT2D eigenvalue weighted by molar-refractivity contribution is 5.87. The van der Waals surface area contributed by atoms with Crippen LogP contribution in [0, 0.1) is 0 Å². The molecular weight excluding hydrogens is 263 g/mol. The Labute approximate surface area is 97.2 Å². The number of rotatable bonds is 3. The Morgan fingerprint density at radius 1 is 1.44 bits per heavy atom. The van der Waals surface area contributed by atoms with Crippen molar-refractivity contribution in [2.45, 2.75) is 19.1 Å². The minimum Gasteiger partial charge on any atom is -0.477 e. The van der Waals surface area contributed by atoms with E-state index in [1.807, 2.05) is 0 Å². The molecule has 0 aliphatic rings. The molecule has 1 aromatic rings. The Morgan fingerprint density at radius 2 is 2.00 bits per heavy atom. The van der Waals surface area contributed by atoms with E-state index in [2.05, 4.69) is 4.98 Å². The fourth-order valence-electron chi connectivity index (χ4n) is 1.34. The predicted molar refractivity (Wildman–Crippen MR) is 49.0 cm³/mol. The first-order valence-electron chi connectivity index (χ1n) is 4.51. The van der Waals surface area contributed by atoms with Gasteiger partial charge in [-0.2, -0.15) is 13.2 Å². The van der Waals surface area contributed by atoms with Crippen LogP contribution in [0.25, 0.3) is 0 Å². The van der Waals surface area contributed by atoms with Gasteiger partial charge in [-0.1, -0.05) is 0 Å². The molecule has 1 rings (SSSR count). The summed E-state index contributed by atoms with van der Waals surface area (Å²) in [7, 11) is 0. The lowest BCUT2D eigenvalue weighted by atomic mass is 10.0. The standard InChI is InChI=1S/C9H7F5N2O2/c10-7(11)5-1-4(9(12,13)14)3(2-15)6(16-5)8(17)18/h1,7H,2,15H2,(H,17,18). The summed E-state index contributed by atoms with van der Waals surface area (Å²) < 4.78 is 62.5. The molecule has 0 aliphatic heterocycles. The maximum Gasteiger partial charge on any atom is 0.416 e. The number of alkyl halides is 5. The number of carbonyl (C=O) groups is 1. The molecule has 0 spiro atoms. The Morgan fingerprint density at radius 3 is 2.33 bits per heavy atom. The molecule has 1 heterocycles. The maximum atomic E-state index is 12.6. The van der Waals surface area contributed by atoms with E-state index in [0.29, 0.717) is 0 Å². The molecule has 0 aliphatic carbocycles. The molecule has 0 aromatic carbocycles. The minimum absolute atomic E-state index is 0.110. The van der Waals surface area contributed by atoms with E-state index in [1.165, 1.54) is 0 Å². The lowest BCUT2D eigenvalue weighted by Crippen LogP contribution is -2.19. The summed E-state index contributed by atoms with van der Waals surface area (Å²) in [6.07, 6.45) is -8.29. The molecule has 9 heteroatoms. The Balaban J connectivity index is 3.62. The van der Waals surface area contributed by atoms with E-state index >= 15 is 0 Å². The van der Waals surface area contributed by atoms with Crippen molar-refractivity contribution in [1.82, 2.24) is 4.98 Å². The molecule has 0 amide bonds. The molecule has 100 valence electrons. The van der Waals surface area contributed by atoms with Crippen molar-refractivity contribution in [3.63, 3.8) is 0 Å². The van der Waals surface area contributed by atoms with Crippen LogP contribution in [0.3, 0.4) is 0 Å². The van der Waals surface area contributed by atoms with Gasteiger partial charge in [0.15, 0.2) is 5.69 Å². The van der Waals surface area contributed by atoms with Gasteiger partial charge < -0.3 is 10.8 Å². The summed E-state index contributed by atoms with van der Waals surface area (Å²) >= 11 is 0. The van der Waals surface area contributed by atoms with E-state index in [-0.39, 0.29) is 6.07 Å². The van der Waals surface area contributed by atoms with Crippen LogP contribution in [0.2, 0.25) is 0 Å². The van der Waals surface area contributed by atoms with E-state index in [1.54, 1.807) is 0 Å². The van der Waals surface area contributed by atoms with Gasteiger partial charge in [-0.05, 0) is 6.07 Å². The van der Waals surface area contributed by atoms with Crippen molar-refractivity contribution < 1.29 is 31.9 Å². The van der Waals surface area contributed by atoms with Gasteiger partial charge in [0, 0.05) is 12.1 Å². The van der Waals surface area contributed by atoms with Crippen LogP contribution in [0.5, 0.6) is 0 Å². The Bertz CT molecular complexity index is 473. The van der Waals surface area contributed by atoms with Gasteiger partial charge in [0.2, 0.25) is 0 Å². The molecule has 1 aromatic heterocycles. The number of aromatic carboxylic acids is 1. The number of aromatic nitrogens is 1. The van der Waals surface area contributed by atoms with Crippen LogP contribution in [0.1, 0.15) is 33.7 Å². The van der Waals surface area contributed by atoms with Crippen LogP contribution < -0.4 is 5.73 Å². The van der Waals surface area contributed by atoms with Gasteiger partial charge >= 0.3 is 12.1 Å². The number of halogens is 5. The van der Waals surface area contributed by atoms with Crippen molar-refractivity contribution in [3.05, 3.63) is 28.6 Å². The summed E-state index contributed by atoms with van der Waals surface area (Å²) in [5.74, 6) is -1.84. The van der Waals surface area contributed by atoms with Gasteiger partial charge in [0.1, 0.15) is 5.69 Å². The average molecular weight is 270 g/mol. The Kier molecular flexibility index (Phi) is 3.85. The second-order valence-electron chi connectivity index (χ2n) is 3.23. The number of carboxylic acids is 1. The monoisotopic (exact) mass is 270 g/mol. The largest absolute Gasteiger partial charge is 0.477 e. The number of carboxylic acid groups (broad SMARTS) is 1. The van der Waals surface area contributed by atoms with Crippen LogP contribution in [0.4, 0.5) is 22.0 Å². The molecule has 0 saturated carbocycles. The summed E-state index contributed by atoms with van der Waals surface area (Å²) in [6, 6.07) is 0.110. The van der Waals surface area contributed by atoms with Gasteiger partial charge in [-0.3, -0.25) is 0 Å². The Hall–Kier alpha value is -1.77. The summed E-state index contributed by atoms with van der Waals surface area (Å²) in [5, 5.41) is 8.66. The summed E-state index contributed by atoms with van der Waals surface area (Å²) in [6.45, 7) is -0.771. The van der Waals surface area contributed by atoms with Gasteiger partial charge in [0.25, 0.3) is 6.43 Å². The molecule has 0 fully saturated rings. The van der Waals surface area contributed by atoms with Crippen molar-refractivity contribution >= 4 is 5.97 Å². The number of nitrogens with zero attached hydrogens (tertiary/aromatic N) is 1. The topological polar surface area (TPSA) is 76.2 Å². The predicted octanol–water partition coefficient (Wildman–Crippen LogP) is 2.19. The second kappa shape index (κ2) is 4.84. The highest BCUT2D eigenvalue weighted by Crippen LogP contribution is 2.35. The molecule has 0 atom stereocenters. The SMILES string of the molecule is NCc1c(C(F)(F)F)cc(C(F)F)nc1C(=O)O. The van der Waals surface area contributed by atoms with Crippen LogP contribution in [-0.2, 0) is 12.7 Å². The normalized spacial score (nSPS) is 11.9. The van der Waals surface area contributed by atoms with E-state index in [0.717, 1.165) is 0 Å². The third-order valence-corrected chi connectivity index (χ3v) is 2.08. The molecule has 4 nitrogen and oxygen atoms in total. The second-order valence-corrected chi connectivity index (χ2v) is 3.23. The lowest BCUT2D eigenvalue weighted by molar-refractivity contribution is -0.138. The third-order valence-electron chi connectivity index (χ3n) is 2.08. The zero-order valence-electron chi connectivity index (χ0n) is 8.63. The highest BCUT2D eigenvalue weighted by atomic mass is 19.4. The highest BCUT2D eigenvalue weighted by Gasteiger charge is 2.37. The van der Waals surface area contributed by atoms with E-state index < -0.39 is 47.6 Å². The number of nitrogens with two attached hydrogens (primary N) is 1. The van der Waals surface area contributed by atoms with Crippen molar-refractivity contribution in [2.24, 2.45) is 5.73 Å². The minimum atomic E-state index is -4.98. The van der Waals surface area contributed by atoms with Crippen molar-refractivity contribution in [2.75, 3.05) is 0 Å². The van der Waals surface area contributed by atoms with E-state index in [4.69, 9.17) is 10.8 Å². The third kappa shape index (κ3) is 2.73.